The molecule has 144 valence electrons. The van der Waals surface area contributed by atoms with Gasteiger partial charge in [0.25, 0.3) is 5.79 Å². The highest BCUT2D eigenvalue weighted by Gasteiger charge is 2.61. The smallest absolute Gasteiger partial charge is 0.430 e. The number of carbonyl (C=O) groups excluding carboxylic acids is 1. The fourth-order valence-electron chi connectivity index (χ4n) is 2.12. The van der Waals surface area contributed by atoms with Gasteiger partial charge in [-0.25, -0.2) is 14.9 Å². The van der Waals surface area contributed by atoms with Crippen LogP contribution < -0.4 is 0 Å². The van der Waals surface area contributed by atoms with Crippen molar-refractivity contribution in [2.75, 3.05) is 6.61 Å². The van der Waals surface area contributed by atoms with Gasteiger partial charge in [-0.3, -0.25) is 4.89 Å². The van der Waals surface area contributed by atoms with Crippen molar-refractivity contribution in [1.82, 2.24) is 0 Å². The molecule has 8 heteroatoms. The van der Waals surface area contributed by atoms with Gasteiger partial charge in [0.1, 0.15) is 0 Å². The average molecular weight is 352 g/mol. The molecule has 1 atom stereocenters. The molecular weight excluding hydrogens is 320 g/mol. The highest BCUT2D eigenvalue weighted by atomic mass is 17.3. The molecule has 0 bridgehead atoms. The standard InChI is InChI=1S/C16H32O8/c1-9-10-11-19-24-16(22-18,14(4,5)6)15(7,8)23-21-13(17)20-12(2)3/h12,18H,9-11H2,1-8H3. The van der Waals surface area contributed by atoms with Gasteiger partial charge >= 0.3 is 6.16 Å². The first-order chi connectivity index (χ1) is 10.9. The summed E-state index contributed by atoms with van der Waals surface area (Å²) in [6.07, 6.45) is 0.310. The first-order valence-corrected chi connectivity index (χ1v) is 8.13. The van der Waals surface area contributed by atoms with Crippen LogP contribution in [0.2, 0.25) is 0 Å². The van der Waals surface area contributed by atoms with Crippen LogP contribution >= 0.6 is 0 Å². The summed E-state index contributed by atoms with van der Waals surface area (Å²) < 4.78 is 4.83. The van der Waals surface area contributed by atoms with Crippen LogP contribution in [-0.4, -0.2) is 35.5 Å². The summed E-state index contributed by atoms with van der Waals surface area (Å²) in [6.45, 7) is 14.0. The summed E-state index contributed by atoms with van der Waals surface area (Å²) >= 11 is 0. The average Bonchev–Trinajstić information content (AvgIpc) is 2.43. The van der Waals surface area contributed by atoms with Crippen LogP contribution in [0.5, 0.6) is 0 Å². The van der Waals surface area contributed by atoms with Gasteiger partial charge in [0.05, 0.1) is 12.7 Å². The maximum absolute atomic E-state index is 11.5. The van der Waals surface area contributed by atoms with Gasteiger partial charge in [-0.2, -0.15) is 14.7 Å². The normalized spacial score (nSPS) is 15.2. The molecule has 24 heavy (non-hydrogen) atoms. The van der Waals surface area contributed by atoms with E-state index in [9.17, 15) is 10.1 Å². The SMILES string of the molecule is CCCCOOC(OO)(C(C)(C)C)C(C)(C)OOC(=O)OC(C)C. The Morgan fingerprint density at radius 1 is 1.08 bits per heavy atom. The van der Waals surface area contributed by atoms with Crippen LogP contribution in [0.1, 0.15) is 68.2 Å². The summed E-state index contributed by atoms with van der Waals surface area (Å²) in [4.78, 5) is 36.6. The van der Waals surface area contributed by atoms with E-state index in [1.807, 2.05) is 6.92 Å². The quantitative estimate of drug-likeness (QED) is 0.205. The number of carbonyl (C=O) groups is 1. The number of hydrogen-bond acceptors (Lipinski definition) is 8. The van der Waals surface area contributed by atoms with E-state index in [1.165, 1.54) is 13.8 Å². The Hall–Kier alpha value is -0.930. The summed E-state index contributed by atoms with van der Waals surface area (Å²) in [5.41, 5.74) is -2.23. The molecule has 0 aromatic rings. The monoisotopic (exact) mass is 352 g/mol. The van der Waals surface area contributed by atoms with E-state index >= 15 is 0 Å². The van der Waals surface area contributed by atoms with Gasteiger partial charge in [-0.05, 0) is 34.1 Å². The molecule has 0 aliphatic rings. The minimum atomic E-state index is -1.77. The highest BCUT2D eigenvalue weighted by Crippen LogP contribution is 2.45. The zero-order valence-electron chi connectivity index (χ0n) is 16.0. The molecular formula is C16H32O8. The lowest BCUT2D eigenvalue weighted by Gasteiger charge is -2.47. The minimum Gasteiger partial charge on any atom is -0.430 e. The fraction of sp³-hybridized carbons (Fsp3) is 0.938. The van der Waals surface area contributed by atoms with E-state index in [0.29, 0.717) is 6.61 Å². The maximum atomic E-state index is 11.5. The van der Waals surface area contributed by atoms with Crippen molar-refractivity contribution in [2.45, 2.75) is 85.7 Å². The molecule has 0 fully saturated rings. The number of hydrogen-bond donors (Lipinski definition) is 1. The Labute approximate surface area is 144 Å². The van der Waals surface area contributed by atoms with Gasteiger partial charge in [0.15, 0.2) is 5.60 Å². The lowest BCUT2D eigenvalue weighted by atomic mass is 9.76. The van der Waals surface area contributed by atoms with Crippen molar-refractivity contribution < 1.29 is 39.2 Å². The van der Waals surface area contributed by atoms with E-state index in [0.717, 1.165) is 12.8 Å². The molecule has 0 radical (unpaired) electrons. The maximum Gasteiger partial charge on any atom is 0.540 e. The van der Waals surface area contributed by atoms with E-state index < -0.39 is 23.0 Å². The second kappa shape index (κ2) is 9.53. The third kappa shape index (κ3) is 6.18. The van der Waals surface area contributed by atoms with E-state index in [1.54, 1.807) is 34.6 Å². The molecule has 1 unspecified atom stereocenters. The Morgan fingerprint density at radius 2 is 1.67 bits per heavy atom. The van der Waals surface area contributed by atoms with E-state index in [4.69, 9.17) is 19.4 Å². The van der Waals surface area contributed by atoms with Crippen LogP contribution in [0.15, 0.2) is 0 Å². The number of ether oxygens (including phenoxy) is 1. The lowest BCUT2D eigenvalue weighted by Crippen LogP contribution is -2.63. The van der Waals surface area contributed by atoms with Crippen molar-refractivity contribution in [3.63, 3.8) is 0 Å². The van der Waals surface area contributed by atoms with Gasteiger partial charge in [-0.15, -0.1) is 0 Å². The Bertz CT molecular complexity index is 375. The Morgan fingerprint density at radius 3 is 2.08 bits per heavy atom. The third-order valence-corrected chi connectivity index (χ3v) is 3.32. The largest absolute Gasteiger partial charge is 0.540 e. The van der Waals surface area contributed by atoms with Crippen molar-refractivity contribution in [2.24, 2.45) is 5.41 Å². The van der Waals surface area contributed by atoms with Gasteiger partial charge in [0.2, 0.25) is 0 Å². The van der Waals surface area contributed by atoms with Crippen molar-refractivity contribution >= 4 is 6.16 Å². The van der Waals surface area contributed by atoms with Crippen molar-refractivity contribution in [3.8, 4) is 0 Å². The van der Waals surface area contributed by atoms with Crippen LogP contribution in [-0.2, 0) is 29.2 Å². The predicted octanol–water partition coefficient (Wildman–Crippen LogP) is 4.24. The molecule has 0 aromatic heterocycles. The van der Waals surface area contributed by atoms with Gasteiger partial charge in [0, 0.05) is 5.41 Å². The van der Waals surface area contributed by atoms with Crippen LogP contribution in [0.4, 0.5) is 4.79 Å². The molecule has 1 N–H and O–H groups in total. The van der Waals surface area contributed by atoms with Gasteiger partial charge < -0.3 is 4.74 Å². The first kappa shape index (κ1) is 23.1. The zero-order valence-corrected chi connectivity index (χ0v) is 16.0. The summed E-state index contributed by atoms with van der Waals surface area (Å²) in [5, 5.41) is 9.56. The topological polar surface area (TPSA) is 92.7 Å². The van der Waals surface area contributed by atoms with Crippen molar-refractivity contribution in [1.29, 1.82) is 0 Å². The third-order valence-electron chi connectivity index (χ3n) is 3.32. The first-order valence-electron chi connectivity index (χ1n) is 8.13. The zero-order chi connectivity index (χ0) is 19.0. The molecule has 0 heterocycles. The second-order valence-electron chi connectivity index (χ2n) is 7.31. The molecule has 0 spiro atoms. The molecule has 0 amide bonds. The lowest BCUT2D eigenvalue weighted by molar-refractivity contribution is -0.569. The minimum absolute atomic E-state index is 0.310. The van der Waals surface area contributed by atoms with E-state index in [-0.39, 0.29) is 6.10 Å². The Kier molecular flexibility index (Phi) is 9.16. The van der Waals surface area contributed by atoms with Crippen LogP contribution in [0, 0.1) is 5.41 Å². The molecule has 0 aliphatic heterocycles. The summed E-state index contributed by atoms with van der Waals surface area (Å²) in [7, 11) is 0. The van der Waals surface area contributed by atoms with E-state index in [2.05, 4.69) is 9.78 Å². The highest BCUT2D eigenvalue weighted by molar-refractivity contribution is 5.59. The molecule has 0 saturated carbocycles. The molecule has 0 saturated heterocycles. The molecule has 0 aromatic carbocycles. The number of rotatable bonds is 10. The fourth-order valence-corrected chi connectivity index (χ4v) is 2.12. The predicted molar refractivity (Wildman–Crippen MR) is 85.7 cm³/mol. The van der Waals surface area contributed by atoms with Gasteiger partial charge in [-0.1, -0.05) is 34.1 Å². The van der Waals surface area contributed by atoms with Crippen LogP contribution in [0.3, 0.4) is 0 Å². The van der Waals surface area contributed by atoms with Crippen LogP contribution in [0.25, 0.3) is 0 Å². The Balaban J connectivity index is 5.18. The summed E-state index contributed by atoms with van der Waals surface area (Å²) in [6, 6.07) is 0. The summed E-state index contributed by atoms with van der Waals surface area (Å²) in [5.74, 6) is -1.77. The second-order valence-corrected chi connectivity index (χ2v) is 7.31. The molecule has 0 aliphatic carbocycles. The molecule has 8 nitrogen and oxygen atoms in total. The number of unbranched alkanes of at least 4 members (excludes halogenated alkanes) is 1. The van der Waals surface area contributed by atoms with Crippen molar-refractivity contribution in [3.05, 3.63) is 0 Å². The molecule has 0 rings (SSSR count).